The fourth-order valence-corrected chi connectivity index (χ4v) is 3.07. The fraction of sp³-hybridized carbons (Fsp3) is 0.571. The number of hydrogen-bond donors (Lipinski definition) is 2. The summed E-state index contributed by atoms with van der Waals surface area (Å²) in [6.45, 7) is 2.88. The van der Waals surface area contributed by atoms with Gasteiger partial charge in [-0.05, 0) is 23.5 Å². The Hall–Kier alpha value is -1.34. The van der Waals surface area contributed by atoms with E-state index >= 15 is 0 Å². The molecule has 0 radical (unpaired) electrons. The molecular formula is C14H16F4O3. The van der Waals surface area contributed by atoms with Crippen LogP contribution in [-0.2, 0) is 5.41 Å². The van der Waals surface area contributed by atoms with Gasteiger partial charge in [0.2, 0.25) is 0 Å². The molecule has 1 aliphatic carbocycles. The van der Waals surface area contributed by atoms with Gasteiger partial charge in [-0.2, -0.15) is 13.2 Å². The van der Waals surface area contributed by atoms with Crippen LogP contribution in [0.15, 0.2) is 12.1 Å². The molecule has 0 amide bonds. The molecule has 0 aromatic heterocycles. The van der Waals surface area contributed by atoms with Crippen molar-refractivity contribution in [1.82, 2.24) is 0 Å². The van der Waals surface area contributed by atoms with Crippen molar-refractivity contribution >= 4 is 0 Å². The minimum atomic E-state index is -5.01. The van der Waals surface area contributed by atoms with E-state index in [-0.39, 0.29) is 16.9 Å². The predicted molar refractivity (Wildman–Crippen MR) is 66.6 cm³/mol. The van der Waals surface area contributed by atoms with Crippen molar-refractivity contribution in [3.05, 3.63) is 29.1 Å². The summed E-state index contributed by atoms with van der Waals surface area (Å²) in [6.07, 6.45) is -8.00. The van der Waals surface area contributed by atoms with E-state index in [1.807, 2.05) is 0 Å². The van der Waals surface area contributed by atoms with Gasteiger partial charge in [0.15, 0.2) is 17.2 Å². The Bertz CT molecular complexity index is 568. The molecule has 118 valence electrons. The second-order valence-electron chi connectivity index (χ2n) is 5.93. The molecule has 2 N–H and O–H groups in total. The van der Waals surface area contributed by atoms with E-state index in [0.717, 1.165) is 12.1 Å². The average molecular weight is 308 g/mol. The summed E-state index contributed by atoms with van der Waals surface area (Å²) in [6, 6.07) is 1.97. The van der Waals surface area contributed by atoms with Crippen LogP contribution in [0.25, 0.3) is 0 Å². The number of aliphatic hydroxyl groups excluding tert-OH is 1. The van der Waals surface area contributed by atoms with Crippen LogP contribution in [0.5, 0.6) is 5.75 Å². The first kappa shape index (κ1) is 16.0. The van der Waals surface area contributed by atoms with E-state index in [1.54, 1.807) is 0 Å². The minimum absolute atomic E-state index is 0.145. The number of rotatable bonds is 1. The van der Waals surface area contributed by atoms with Gasteiger partial charge in [-0.1, -0.05) is 19.9 Å². The highest BCUT2D eigenvalue weighted by Gasteiger charge is 2.64. The molecule has 1 aromatic carbocycles. The SMILES string of the molecule is COc1c(F)ccc2c1C(C)(C)C[C@@](O)(C(F)(F)F)[C@H]2O. The predicted octanol–water partition coefficient (Wildman–Crippen LogP) is 2.84. The topological polar surface area (TPSA) is 49.7 Å². The maximum Gasteiger partial charge on any atom is 0.420 e. The number of fused-ring (bicyclic) bond motifs is 1. The van der Waals surface area contributed by atoms with Crippen LogP contribution in [0.3, 0.4) is 0 Å². The summed E-state index contributed by atoms with van der Waals surface area (Å²) in [5.41, 5.74) is -4.55. The van der Waals surface area contributed by atoms with Gasteiger partial charge in [-0.25, -0.2) is 4.39 Å². The summed E-state index contributed by atoms with van der Waals surface area (Å²) >= 11 is 0. The monoisotopic (exact) mass is 308 g/mol. The van der Waals surface area contributed by atoms with Gasteiger partial charge in [0.25, 0.3) is 0 Å². The molecule has 21 heavy (non-hydrogen) atoms. The highest BCUT2D eigenvalue weighted by Crippen LogP contribution is 2.55. The molecule has 1 aliphatic rings. The van der Waals surface area contributed by atoms with Crippen LogP contribution in [0, 0.1) is 5.82 Å². The third-order valence-electron chi connectivity index (χ3n) is 3.97. The third kappa shape index (κ3) is 2.19. The average Bonchev–Trinajstić information content (AvgIpc) is 2.34. The van der Waals surface area contributed by atoms with E-state index in [0.29, 0.717) is 0 Å². The molecule has 3 nitrogen and oxygen atoms in total. The quantitative estimate of drug-likeness (QED) is 0.784. The molecule has 2 rings (SSSR count). The van der Waals surface area contributed by atoms with Gasteiger partial charge in [0.1, 0.15) is 6.10 Å². The molecule has 0 bridgehead atoms. The van der Waals surface area contributed by atoms with Gasteiger partial charge in [0.05, 0.1) is 7.11 Å². The van der Waals surface area contributed by atoms with E-state index in [4.69, 9.17) is 4.74 Å². The lowest BCUT2D eigenvalue weighted by atomic mass is 9.64. The Morgan fingerprint density at radius 3 is 2.33 bits per heavy atom. The van der Waals surface area contributed by atoms with E-state index in [2.05, 4.69) is 0 Å². The highest BCUT2D eigenvalue weighted by molar-refractivity contribution is 5.50. The molecule has 0 spiro atoms. The van der Waals surface area contributed by atoms with Crippen LogP contribution in [0.1, 0.15) is 37.5 Å². The lowest BCUT2D eigenvalue weighted by Gasteiger charge is -2.46. The second kappa shape index (κ2) is 4.58. The molecule has 1 aromatic rings. The Labute approximate surface area is 119 Å². The van der Waals surface area contributed by atoms with Gasteiger partial charge < -0.3 is 14.9 Å². The Morgan fingerprint density at radius 1 is 1.29 bits per heavy atom. The summed E-state index contributed by atoms with van der Waals surface area (Å²) in [7, 11) is 1.20. The van der Waals surface area contributed by atoms with Crippen LogP contribution < -0.4 is 4.74 Å². The first-order valence-corrected chi connectivity index (χ1v) is 6.30. The smallest absolute Gasteiger partial charge is 0.420 e. The molecular weight excluding hydrogens is 292 g/mol. The lowest BCUT2D eigenvalue weighted by molar-refractivity contribution is -0.302. The zero-order valence-corrected chi connectivity index (χ0v) is 11.8. The van der Waals surface area contributed by atoms with Crippen molar-refractivity contribution in [2.45, 2.75) is 43.6 Å². The molecule has 0 unspecified atom stereocenters. The number of ether oxygens (including phenoxy) is 1. The van der Waals surface area contributed by atoms with Crippen LogP contribution >= 0.6 is 0 Å². The van der Waals surface area contributed by atoms with Gasteiger partial charge in [-0.3, -0.25) is 0 Å². The molecule has 0 saturated carbocycles. The zero-order chi connectivity index (χ0) is 16.2. The third-order valence-corrected chi connectivity index (χ3v) is 3.97. The first-order valence-electron chi connectivity index (χ1n) is 6.30. The Balaban J connectivity index is 2.74. The largest absolute Gasteiger partial charge is 0.493 e. The standard InChI is InChI=1S/C14H16F4O3/c1-12(2)6-13(20,14(16,17)18)11(19)7-4-5-8(15)10(21-3)9(7)12/h4-5,11,19-20H,6H2,1-3H3/t11-,13-/m0/s1. The van der Waals surface area contributed by atoms with E-state index in [1.165, 1.54) is 21.0 Å². The summed E-state index contributed by atoms with van der Waals surface area (Å²) < 4.78 is 58.2. The van der Waals surface area contributed by atoms with Crippen LogP contribution in [0.4, 0.5) is 17.6 Å². The summed E-state index contributed by atoms with van der Waals surface area (Å²) in [4.78, 5) is 0. The maximum absolute atomic E-state index is 13.8. The van der Waals surface area contributed by atoms with Crippen molar-refractivity contribution in [3.63, 3.8) is 0 Å². The van der Waals surface area contributed by atoms with Gasteiger partial charge in [0, 0.05) is 5.56 Å². The van der Waals surface area contributed by atoms with Crippen molar-refractivity contribution in [2.24, 2.45) is 0 Å². The van der Waals surface area contributed by atoms with Crippen molar-refractivity contribution < 1.29 is 32.5 Å². The minimum Gasteiger partial charge on any atom is -0.493 e. The van der Waals surface area contributed by atoms with Crippen LogP contribution in [0.2, 0.25) is 0 Å². The number of halogens is 4. The lowest BCUT2D eigenvalue weighted by Crippen LogP contribution is -2.56. The van der Waals surface area contributed by atoms with E-state index in [9.17, 15) is 27.8 Å². The number of aliphatic hydroxyl groups is 2. The Morgan fingerprint density at radius 2 is 1.86 bits per heavy atom. The summed E-state index contributed by atoms with van der Waals surface area (Å²) in [5, 5.41) is 20.0. The zero-order valence-electron chi connectivity index (χ0n) is 11.8. The highest BCUT2D eigenvalue weighted by atomic mass is 19.4. The molecule has 0 fully saturated rings. The van der Waals surface area contributed by atoms with E-state index < -0.39 is 35.5 Å². The van der Waals surface area contributed by atoms with Crippen molar-refractivity contribution in [2.75, 3.05) is 7.11 Å². The number of alkyl halides is 3. The van der Waals surface area contributed by atoms with Crippen LogP contribution in [-0.4, -0.2) is 29.1 Å². The normalized spacial score (nSPS) is 28.1. The van der Waals surface area contributed by atoms with Crippen molar-refractivity contribution in [3.8, 4) is 5.75 Å². The molecule has 7 heteroatoms. The molecule has 2 atom stereocenters. The molecule has 0 saturated heterocycles. The van der Waals surface area contributed by atoms with Gasteiger partial charge in [-0.15, -0.1) is 0 Å². The number of benzene rings is 1. The molecule has 0 heterocycles. The fourth-order valence-electron chi connectivity index (χ4n) is 3.07. The van der Waals surface area contributed by atoms with Gasteiger partial charge >= 0.3 is 6.18 Å². The maximum atomic E-state index is 13.8. The second-order valence-corrected chi connectivity index (χ2v) is 5.93. The summed E-state index contributed by atoms with van der Waals surface area (Å²) in [5.74, 6) is -0.935. The number of hydrogen-bond acceptors (Lipinski definition) is 3. The van der Waals surface area contributed by atoms with Crippen molar-refractivity contribution in [1.29, 1.82) is 0 Å². The first-order chi connectivity index (χ1) is 9.45. The Kier molecular flexibility index (Phi) is 3.50. The number of methoxy groups -OCH3 is 1. The molecule has 0 aliphatic heterocycles.